The first-order valence-corrected chi connectivity index (χ1v) is 6.99. The van der Waals surface area contributed by atoms with Crippen LogP contribution in [0.5, 0.6) is 0 Å². The summed E-state index contributed by atoms with van der Waals surface area (Å²) >= 11 is 0. The lowest BCUT2D eigenvalue weighted by molar-refractivity contribution is -0.129. The molecule has 0 saturated carbocycles. The van der Waals surface area contributed by atoms with Crippen LogP contribution >= 0.6 is 0 Å². The lowest BCUT2D eigenvalue weighted by Gasteiger charge is -2.18. The quantitative estimate of drug-likeness (QED) is 0.893. The third kappa shape index (κ3) is 3.80. The first-order valence-electron chi connectivity index (χ1n) is 6.99. The van der Waals surface area contributed by atoms with Crippen LogP contribution in [0.4, 0.5) is 0 Å². The maximum absolute atomic E-state index is 11.8. The Morgan fingerprint density at radius 1 is 1.37 bits per heavy atom. The SMILES string of the molecule is CC(C)(C)n1cc(CNCC(=O)N2CCCC2)cn1. The number of amides is 1. The van der Waals surface area contributed by atoms with Crippen LogP contribution in [0.25, 0.3) is 0 Å². The molecule has 106 valence electrons. The van der Waals surface area contributed by atoms with Crippen LogP contribution in [-0.4, -0.2) is 40.2 Å². The van der Waals surface area contributed by atoms with Crippen molar-refractivity contribution in [1.29, 1.82) is 0 Å². The van der Waals surface area contributed by atoms with E-state index in [1.165, 1.54) is 0 Å². The molecule has 0 bridgehead atoms. The third-order valence-corrected chi connectivity index (χ3v) is 3.39. The van der Waals surface area contributed by atoms with Gasteiger partial charge in [-0.15, -0.1) is 0 Å². The molecular weight excluding hydrogens is 240 g/mol. The van der Waals surface area contributed by atoms with Gasteiger partial charge in [-0.2, -0.15) is 5.10 Å². The predicted octanol–water partition coefficient (Wildman–Crippen LogP) is 1.35. The van der Waals surface area contributed by atoms with E-state index in [2.05, 4.69) is 31.2 Å². The van der Waals surface area contributed by atoms with Crippen LogP contribution < -0.4 is 5.32 Å². The Hall–Kier alpha value is -1.36. The lowest BCUT2D eigenvalue weighted by Crippen LogP contribution is -2.35. The minimum atomic E-state index is 0.00359. The van der Waals surface area contributed by atoms with Crippen molar-refractivity contribution >= 4 is 5.91 Å². The number of hydrogen-bond donors (Lipinski definition) is 1. The zero-order valence-corrected chi connectivity index (χ0v) is 12.1. The lowest BCUT2D eigenvalue weighted by atomic mass is 10.1. The Labute approximate surface area is 115 Å². The molecule has 0 unspecified atom stereocenters. The van der Waals surface area contributed by atoms with Crippen LogP contribution in [0.3, 0.4) is 0 Å². The Morgan fingerprint density at radius 3 is 2.63 bits per heavy atom. The average Bonchev–Trinajstić information content (AvgIpc) is 2.99. The Bertz CT molecular complexity index is 427. The summed E-state index contributed by atoms with van der Waals surface area (Å²) in [6, 6.07) is 0. The van der Waals surface area contributed by atoms with Crippen molar-refractivity contribution in [3.8, 4) is 0 Å². The molecule has 5 heteroatoms. The molecule has 1 aromatic rings. The summed E-state index contributed by atoms with van der Waals surface area (Å²) in [5, 5.41) is 7.54. The van der Waals surface area contributed by atoms with E-state index in [-0.39, 0.29) is 11.4 Å². The van der Waals surface area contributed by atoms with Gasteiger partial charge in [0.2, 0.25) is 5.91 Å². The maximum atomic E-state index is 11.8. The van der Waals surface area contributed by atoms with Crippen LogP contribution in [0, 0.1) is 0 Å². The molecule has 2 rings (SSSR count). The Balaban J connectivity index is 1.76. The van der Waals surface area contributed by atoms with Crippen molar-refractivity contribution in [2.45, 2.75) is 45.7 Å². The molecule has 1 aliphatic rings. The van der Waals surface area contributed by atoms with Gasteiger partial charge >= 0.3 is 0 Å². The van der Waals surface area contributed by atoms with Gasteiger partial charge in [-0.3, -0.25) is 9.48 Å². The van der Waals surface area contributed by atoms with E-state index in [1.54, 1.807) is 0 Å². The smallest absolute Gasteiger partial charge is 0.236 e. The summed E-state index contributed by atoms with van der Waals surface area (Å²) in [5.74, 6) is 0.209. The van der Waals surface area contributed by atoms with Crippen molar-refractivity contribution < 1.29 is 4.79 Å². The topological polar surface area (TPSA) is 50.2 Å². The number of aromatic nitrogens is 2. The molecule has 1 aromatic heterocycles. The van der Waals surface area contributed by atoms with E-state index in [9.17, 15) is 4.79 Å². The van der Waals surface area contributed by atoms with Crippen molar-refractivity contribution in [2.75, 3.05) is 19.6 Å². The molecule has 1 fully saturated rings. The van der Waals surface area contributed by atoms with E-state index >= 15 is 0 Å². The third-order valence-electron chi connectivity index (χ3n) is 3.39. The monoisotopic (exact) mass is 264 g/mol. The predicted molar refractivity (Wildman–Crippen MR) is 74.7 cm³/mol. The van der Waals surface area contributed by atoms with Gasteiger partial charge in [0, 0.05) is 31.4 Å². The van der Waals surface area contributed by atoms with Gasteiger partial charge in [0.25, 0.3) is 0 Å². The summed E-state index contributed by atoms with van der Waals surface area (Å²) in [4.78, 5) is 13.8. The summed E-state index contributed by atoms with van der Waals surface area (Å²) < 4.78 is 1.95. The van der Waals surface area contributed by atoms with E-state index in [4.69, 9.17) is 0 Å². The second-order valence-corrected chi connectivity index (χ2v) is 6.16. The number of carbonyl (C=O) groups is 1. The molecule has 0 atom stereocenters. The molecule has 1 saturated heterocycles. The molecule has 1 aliphatic heterocycles. The summed E-state index contributed by atoms with van der Waals surface area (Å²) in [6.45, 7) is 9.30. The van der Waals surface area contributed by atoms with Crippen molar-refractivity contribution in [3.63, 3.8) is 0 Å². The number of carbonyl (C=O) groups excluding carboxylic acids is 1. The van der Waals surface area contributed by atoms with Gasteiger partial charge in [0.05, 0.1) is 18.3 Å². The molecule has 2 heterocycles. The highest BCUT2D eigenvalue weighted by molar-refractivity contribution is 5.78. The van der Waals surface area contributed by atoms with Gasteiger partial charge in [0.15, 0.2) is 0 Å². The van der Waals surface area contributed by atoms with Gasteiger partial charge in [-0.05, 0) is 33.6 Å². The Morgan fingerprint density at radius 2 is 2.05 bits per heavy atom. The minimum Gasteiger partial charge on any atom is -0.342 e. The highest BCUT2D eigenvalue weighted by Crippen LogP contribution is 2.13. The van der Waals surface area contributed by atoms with Crippen LogP contribution in [0.1, 0.15) is 39.2 Å². The highest BCUT2D eigenvalue weighted by atomic mass is 16.2. The van der Waals surface area contributed by atoms with E-state index in [1.807, 2.05) is 22.0 Å². The van der Waals surface area contributed by atoms with E-state index in [0.29, 0.717) is 13.1 Å². The van der Waals surface area contributed by atoms with Crippen LogP contribution in [0.2, 0.25) is 0 Å². The molecular formula is C14H24N4O. The molecule has 19 heavy (non-hydrogen) atoms. The van der Waals surface area contributed by atoms with E-state index < -0.39 is 0 Å². The molecule has 1 N–H and O–H groups in total. The second kappa shape index (κ2) is 5.74. The standard InChI is InChI=1S/C14H24N4O/c1-14(2,3)18-11-12(9-16-18)8-15-10-13(19)17-6-4-5-7-17/h9,11,15H,4-8,10H2,1-3H3. The summed E-state index contributed by atoms with van der Waals surface area (Å²) in [6.07, 6.45) is 6.18. The molecule has 0 aromatic carbocycles. The fourth-order valence-electron chi connectivity index (χ4n) is 2.21. The van der Waals surface area contributed by atoms with E-state index in [0.717, 1.165) is 31.5 Å². The maximum Gasteiger partial charge on any atom is 0.236 e. The highest BCUT2D eigenvalue weighted by Gasteiger charge is 2.17. The molecule has 0 spiro atoms. The summed E-state index contributed by atoms with van der Waals surface area (Å²) in [7, 11) is 0. The Kier molecular flexibility index (Phi) is 4.24. The van der Waals surface area contributed by atoms with Crippen LogP contribution in [-0.2, 0) is 16.9 Å². The molecule has 1 amide bonds. The average molecular weight is 264 g/mol. The van der Waals surface area contributed by atoms with Crippen molar-refractivity contribution in [2.24, 2.45) is 0 Å². The molecule has 0 aliphatic carbocycles. The van der Waals surface area contributed by atoms with Crippen LogP contribution in [0.15, 0.2) is 12.4 Å². The zero-order valence-electron chi connectivity index (χ0n) is 12.1. The van der Waals surface area contributed by atoms with Gasteiger partial charge in [-0.25, -0.2) is 0 Å². The largest absolute Gasteiger partial charge is 0.342 e. The minimum absolute atomic E-state index is 0.00359. The number of hydrogen-bond acceptors (Lipinski definition) is 3. The van der Waals surface area contributed by atoms with Crippen molar-refractivity contribution in [3.05, 3.63) is 18.0 Å². The number of nitrogens with one attached hydrogen (secondary N) is 1. The number of likely N-dealkylation sites (tertiary alicyclic amines) is 1. The number of rotatable bonds is 4. The molecule has 0 radical (unpaired) electrons. The number of nitrogens with zero attached hydrogens (tertiary/aromatic N) is 3. The fourth-order valence-corrected chi connectivity index (χ4v) is 2.21. The molecule has 5 nitrogen and oxygen atoms in total. The van der Waals surface area contributed by atoms with Gasteiger partial charge in [-0.1, -0.05) is 0 Å². The second-order valence-electron chi connectivity index (χ2n) is 6.16. The zero-order chi connectivity index (χ0) is 13.9. The fraction of sp³-hybridized carbons (Fsp3) is 0.714. The van der Waals surface area contributed by atoms with Gasteiger partial charge < -0.3 is 10.2 Å². The van der Waals surface area contributed by atoms with Gasteiger partial charge in [0.1, 0.15) is 0 Å². The first kappa shape index (κ1) is 14.1. The van der Waals surface area contributed by atoms with Crippen molar-refractivity contribution in [1.82, 2.24) is 20.0 Å². The normalized spacial score (nSPS) is 16.1. The first-order chi connectivity index (χ1) is 8.97. The summed E-state index contributed by atoms with van der Waals surface area (Å²) in [5.41, 5.74) is 1.12.